The van der Waals surface area contributed by atoms with Crippen LogP contribution in [-0.4, -0.2) is 5.11 Å². The van der Waals surface area contributed by atoms with E-state index >= 15 is 0 Å². The lowest BCUT2D eigenvalue weighted by Gasteiger charge is -2.08. The van der Waals surface area contributed by atoms with E-state index in [9.17, 15) is 5.11 Å². The topological polar surface area (TPSA) is 54.2 Å². The summed E-state index contributed by atoms with van der Waals surface area (Å²) in [5.41, 5.74) is 3.20. The van der Waals surface area contributed by atoms with Crippen LogP contribution in [0.25, 0.3) is 0 Å². The number of azo groups is 1. The van der Waals surface area contributed by atoms with Crippen LogP contribution >= 0.6 is 0 Å². The van der Waals surface area contributed by atoms with Crippen molar-refractivity contribution in [2.45, 2.75) is 13.8 Å². The van der Waals surface area contributed by atoms with E-state index in [1.165, 1.54) is 5.56 Å². The van der Waals surface area contributed by atoms with E-state index in [-0.39, 0.29) is 5.75 Å². The van der Waals surface area contributed by atoms with Gasteiger partial charge < -0.3 is 9.84 Å². The molecule has 3 aromatic carbocycles. The van der Waals surface area contributed by atoms with Gasteiger partial charge in [0, 0.05) is 0 Å². The monoisotopic (exact) mass is 318 g/mol. The number of phenols is 1. The van der Waals surface area contributed by atoms with E-state index in [0.29, 0.717) is 17.1 Å². The molecule has 3 aromatic rings. The lowest BCUT2D eigenvalue weighted by Crippen LogP contribution is -1.84. The normalized spacial score (nSPS) is 10.9. The molecule has 0 saturated heterocycles. The van der Waals surface area contributed by atoms with Gasteiger partial charge >= 0.3 is 0 Å². The Bertz CT molecular complexity index is 871. The maximum absolute atomic E-state index is 9.86. The van der Waals surface area contributed by atoms with Crippen LogP contribution in [0, 0.1) is 13.8 Å². The van der Waals surface area contributed by atoms with E-state index in [2.05, 4.69) is 10.2 Å². The first kappa shape index (κ1) is 15.7. The zero-order chi connectivity index (χ0) is 16.9. The summed E-state index contributed by atoms with van der Waals surface area (Å²) < 4.78 is 5.89. The van der Waals surface area contributed by atoms with Crippen molar-refractivity contribution in [1.82, 2.24) is 0 Å². The molecule has 4 nitrogen and oxygen atoms in total. The number of hydrogen-bond acceptors (Lipinski definition) is 4. The van der Waals surface area contributed by atoms with E-state index < -0.39 is 0 Å². The molecule has 0 heterocycles. The maximum atomic E-state index is 9.86. The van der Waals surface area contributed by atoms with E-state index in [4.69, 9.17) is 4.74 Å². The largest absolute Gasteiger partial charge is 0.506 e. The number of ether oxygens (including phenoxy) is 1. The van der Waals surface area contributed by atoms with Crippen molar-refractivity contribution < 1.29 is 9.84 Å². The van der Waals surface area contributed by atoms with Gasteiger partial charge in [-0.25, -0.2) is 0 Å². The van der Waals surface area contributed by atoms with Crippen LogP contribution in [0.3, 0.4) is 0 Å². The zero-order valence-corrected chi connectivity index (χ0v) is 13.6. The van der Waals surface area contributed by atoms with Crippen molar-refractivity contribution in [3.63, 3.8) is 0 Å². The molecule has 0 saturated carbocycles. The maximum Gasteiger partial charge on any atom is 0.154 e. The average molecular weight is 318 g/mol. The van der Waals surface area contributed by atoms with Gasteiger partial charge in [-0.05, 0) is 55.8 Å². The molecular weight excluding hydrogens is 300 g/mol. The second kappa shape index (κ2) is 6.96. The average Bonchev–Trinajstić information content (AvgIpc) is 2.59. The van der Waals surface area contributed by atoms with Crippen molar-refractivity contribution in [2.24, 2.45) is 10.2 Å². The summed E-state index contributed by atoms with van der Waals surface area (Å²) in [5.74, 6) is 1.44. The third kappa shape index (κ3) is 3.79. The molecule has 0 aliphatic carbocycles. The zero-order valence-electron chi connectivity index (χ0n) is 13.6. The molecule has 120 valence electrons. The molecule has 24 heavy (non-hydrogen) atoms. The van der Waals surface area contributed by atoms with Crippen molar-refractivity contribution in [1.29, 1.82) is 0 Å². The predicted molar refractivity (Wildman–Crippen MR) is 94.7 cm³/mol. The molecule has 0 radical (unpaired) electrons. The van der Waals surface area contributed by atoms with Gasteiger partial charge in [0.1, 0.15) is 22.9 Å². The third-order valence-corrected chi connectivity index (χ3v) is 3.51. The Kier molecular flexibility index (Phi) is 4.57. The van der Waals surface area contributed by atoms with Crippen LogP contribution in [0.2, 0.25) is 0 Å². The number of nitrogens with zero attached hydrogens (tertiary/aromatic N) is 2. The highest BCUT2D eigenvalue weighted by Gasteiger charge is 2.05. The Balaban J connectivity index is 1.87. The number of aromatic hydroxyl groups is 1. The number of hydrogen-bond donors (Lipinski definition) is 1. The third-order valence-electron chi connectivity index (χ3n) is 3.51. The number of rotatable bonds is 4. The van der Waals surface area contributed by atoms with Crippen molar-refractivity contribution in [2.75, 3.05) is 0 Å². The minimum Gasteiger partial charge on any atom is -0.506 e. The minimum absolute atomic E-state index is 0.0984. The van der Waals surface area contributed by atoms with Crippen LogP contribution in [0.4, 0.5) is 11.4 Å². The molecule has 0 spiro atoms. The second-order valence-corrected chi connectivity index (χ2v) is 5.58. The molecule has 0 aromatic heterocycles. The molecule has 0 amide bonds. The molecule has 0 bridgehead atoms. The van der Waals surface area contributed by atoms with Gasteiger partial charge in [0.05, 0.1) is 0 Å². The summed E-state index contributed by atoms with van der Waals surface area (Å²) in [6.45, 7) is 3.97. The first-order valence-corrected chi connectivity index (χ1v) is 7.67. The molecular formula is C20H18N2O2. The molecule has 0 aliphatic heterocycles. The molecule has 0 atom stereocenters. The van der Waals surface area contributed by atoms with Crippen LogP contribution in [0.15, 0.2) is 77.0 Å². The van der Waals surface area contributed by atoms with Gasteiger partial charge in [-0.3, -0.25) is 0 Å². The lowest BCUT2D eigenvalue weighted by atomic mass is 10.2. The summed E-state index contributed by atoms with van der Waals surface area (Å²) in [6.07, 6.45) is 0. The van der Waals surface area contributed by atoms with Gasteiger partial charge in [-0.1, -0.05) is 35.9 Å². The standard InChI is InChI=1S/C20H18N2O2/c1-14-7-10-16(11-8-14)24-20-6-4-3-5-17(20)21-22-18-13-15(2)9-12-19(18)23/h3-13,23H,1-2H3. The molecule has 1 N–H and O–H groups in total. The fourth-order valence-electron chi connectivity index (χ4n) is 2.18. The van der Waals surface area contributed by atoms with Crippen molar-refractivity contribution in [3.05, 3.63) is 77.9 Å². The molecule has 4 heteroatoms. The van der Waals surface area contributed by atoms with Crippen LogP contribution < -0.4 is 4.74 Å². The summed E-state index contributed by atoms with van der Waals surface area (Å²) in [4.78, 5) is 0. The fourth-order valence-corrected chi connectivity index (χ4v) is 2.18. The van der Waals surface area contributed by atoms with E-state index in [1.54, 1.807) is 12.1 Å². The van der Waals surface area contributed by atoms with Gasteiger partial charge in [-0.15, -0.1) is 10.2 Å². The number of benzene rings is 3. The number of aryl methyl sites for hydroxylation is 2. The fraction of sp³-hybridized carbons (Fsp3) is 0.100. The molecule has 0 unspecified atom stereocenters. The first-order valence-electron chi connectivity index (χ1n) is 7.67. The Morgan fingerprint density at radius 2 is 1.42 bits per heavy atom. The summed E-state index contributed by atoms with van der Waals surface area (Å²) >= 11 is 0. The summed E-state index contributed by atoms with van der Waals surface area (Å²) in [6, 6.07) is 20.4. The highest BCUT2D eigenvalue weighted by molar-refractivity contribution is 5.55. The SMILES string of the molecule is Cc1ccc(Oc2ccccc2N=Nc2cc(C)ccc2O)cc1. The Labute approximate surface area is 141 Å². The Morgan fingerprint density at radius 1 is 0.750 bits per heavy atom. The van der Waals surface area contributed by atoms with Gasteiger partial charge in [0.25, 0.3) is 0 Å². The molecule has 3 rings (SSSR count). The second-order valence-electron chi connectivity index (χ2n) is 5.58. The summed E-state index contributed by atoms with van der Waals surface area (Å²) in [7, 11) is 0. The number of phenolic OH excluding ortho intramolecular Hbond substituents is 1. The van der Waals surface area contributed by atoms with Crippen molar-refractivity contribution >= 4 is 11.4 Å². The summed E-state index contributed by atoms with van der Waals surface area (Å²) in [5, 5.41) is 18.2. The van der Waals surface area contributed by atoms with Gasteiger partial charge in [0.2, 0.25) is 0 Å². The van der Waals surface area contributed by atoms with Crippen molar-refractivity contribution in [3.8, 4) is 17.2 Å². The molecule has 0 fully saturated rings. The Hall–Kier alpha value is -3.14. The van der Waals surface area contributed by atoms with Crippen LogP contribution in [0.5, 0.6) is 17.2 Å². The van der Waals surface area contributed by atoms with Crippen LogP contribution in [0.1, 0.15) is 11.1 Å². The smallest absolute Gasteiger partial charge is 0.154 e. The van der Waals surface area contributed by atoms with Gasteiger partial charge in [0.15, 0.2) is 5.75 Å². The lowest BCUT2D eigenvalue weighted by molar-refractivity contribution is 0.475. The Morgan fingerprint density at radius 3 is 2.21 bits per heavy atom. The molecule has 0 aliphatic rings. The van der Waals surface area contributed by atoms with Gasteiger partial charge in [-0.2, -0.15) is 0 Å². The first-order chi connectivity index (χ1) is 11.6. The highest BCUT2D eigenvalue weighted by Crippen LogP contribution is 2.34. The van der Waals surface area contributed by atoms with E-state index in [1.807, 2.05) is 68.4 Å². The van der Waals surface area contributed by atoms with Crippen LogP contribution in [-0.2, 0) is 0 Å². The minimum atomic E-state index is 0.0984. The quantitative estimate of drug-likeness (QED) is 0.581. The van der Waals surface area contributed by atoms with E-state index in [0.717, 1.165) is 11.3 Å². The highest BCUT2D eigenvalue weighted by atomic mass is 16.5. The number of para-hydroxylation sites is 1. The predicted octanol–water partition coefficient (Wildman–Crippen LogP) is 6.22.